The summed E-state index contributed by atoms with van der Waals surface area (Å²) >= 11 is 18.0. The van der Waals surface area contributed by atoms with Crippen LogP contribution in [-0.4, -0.2) is 12.0 Å². The minimum absolute atomic E-state index is 0.345. The predicted molar refractivity (Wildman–Crippen MR) is 83.3 cm³/mol. The first-order chi connectivity index (χ1) is 9.55. The average molecular weight is 328 g/mol. The first-order valence-corrected chi connectivity index (χ1v) is 6.69. The van der Waals surface area contributed by atoms with Gasteiger partial charge in [0.1, 0.15) is 11.9 Å². The van der Waals surface area contributed by atoms with Gasteiger partial charge in [-0.05, 0) is 24.3 Å². The summed E-state index contributed by atoms with van der Waals surface area (Å²) in [6, 6.07) is 8.53. The summed E-state index contributed by atoms with van der Waals surface area (Å²) in [4.78, 5) is 4.25. The topological polar surface area (TPSA) is 60.7 Å². The number of benzene rings is 1. The monoisotopic (exact) mass is 326 g/mol. The van der Waals surface area contributed by atoms with Crippen molar-refractivity contribution in [3.8, 4) is 6.07 Å². The lowest BCUT2D eigenvalue weighted by Crippen LogP contribution is -2.01. The van der Waals surface area contributed by atoms with Gasteiger partial charge >= 0.3 is 0 Å². The number of nitriles is 1. The number of pyridine rings is 1. The predicted octanol–water partition coefficient (Wildman–Crippen LogP) is 4.70. The quantitative estimate of drug-likeness (QED) is 0.858. The standard InChI is InChI=1S/C13H9Cl3N4/c1-18-12-9(15)5-10(16)13(20-12)19-11-4-8(14)3-2-7(11)6-17/h2-5H,1H3,(H2,18,19,20). The van der Waals surface area contributed by atoms with Crippen molar-refractivity contribution in [1.82, 2.24) is 4.98 Å². The minimum atomic E-state index is 0.345. The SMILES string of the molecule is CNc1nc(Nc2cc(Cl)ccc2C#N)c(Cl)cc1Cl. The van der Waals surface area contributed by atoms with Crippen molar-refractivity contribution in [3.05, 3.63) is 44.9 Å². The zero-order valence-electron chi connectivity index (χ0n) is 10.3. The van der Waals surface area contributed by atoms with Gasteiger partial charge in [0, 0.05) is 12.1 Å². The molecule has 2 N–H and O–H groups in total. The van der Waals surface area contributed by atoms with E-state index in [0.29, 0.717) is 38.0 Å². The first kappa shape index (κ1) is 14.7. The van der Waals surface area contributed by atoms with E-state index in [9.17, 15) is 0 Å². The van der Waals surface area contributed by atoms with Crippen molar-refractivity contribution >= 4 is 52.1 Å². The molecule has 0 aliphatic rings. The van der Waals surface area contributed by atoms with Gasteiger partial charge in [-0.15, -0.1) is 0 Å². The molecule has 7 heteroatoms. The van der Waals surface area contributed by atoms with E-state index >= 15 is 0 Å². The molecular formula is C13H9Cl3N4. The third-order valence-electron chi connectivity index (χ3n) is 2.52. The van der Waals surface area contributed by atoms with Crippen molar-refractivity contribution < 1.29 is 0 Å². The highest BCUT2D eigenvalue weighted by Crippen LogP contribution is 2.32. The van der Waals surface area contributed by atoms with Crippen LogP contribution in [0, 0.1) is 11.3 Å². The van der Waals surface area contributed by atoms with Gasteiger partial charge in [-0.25, -0.2) is 4.98 Å². The van der Waals surface area contributed by atoms with E-state index in [4.69, 9.17) is 40.1 Å². The van der Waals surface area contributed by atoms with Crippen molar-refractivity contribution in [2.75, 3.05) is 17.7 Å². The fourth-order valence-corrected chi connectivity index (χ4v) is 2.25. The molecule has 2 aromatic rings. The van der Waals surface area contributed by atoms with E-state index < -0.39 is 0 Å². The van der Waals surface area contributed by atoms with Gasteiger partial charge in [0.25, 0.3) is 0 Å². The Bertz CT molecular complexity index is 695. The van der Waals surface area contributed by atoms with Crippen molar-refractivity contribution in [1.29, 1.82) is 5.26 Å². The highest BCUT2D eigenvalue weighted by molar-refractivity contribution is 6.37. The van der Waals surface area contributed by atoms with Gasteiger partial charge in [-0.1, -0.05) is 34.8 Å². The molecule has 0 spiro atoms. The van der Waals surface area contributed by atoms with E-state index in [0.717, 1.165) is 0 Å². The molecule has 0 aliphatic carbocycles. The fourth-order valence-electron chi connectivity index (χ4n) is 1.57. The number of aromatic nitrogens is 1. The molecule has 0 atom stereocenters. The molecule has 20 heavy (non-hydrogen) atoms. The van der Waals surface area contributed by atoms with Gasteiger partial charge < -0.3 is 10.6 Å². The van der Waals surface area contributed by atoms with Crippen LogP contribution in [0.4, 0.5) is 17.3 Å². The van der Waals surface area contributed by atoms with Crippen LogP contribution in [-0.2, 0) is 0 Å². The van der Waals surface area contributed by atoms with Crippen molar-refractivity contribution in [2.45, 2.75) is 0 Å². The van der Waals surface area contributed by atoms with Crippen LogP contribution in [0.25, 0.3) is 0 Å². The van der Waals surface area contributed by atoms with E-state index in [1.165, 1.54) is 0 Å². The second kappa shape index (κ2) is 6.19. The van der Waals surface area contributed by atoms with Crippen LogP contribution in [0.3, 0.4) is 0 Å². The Balaban J connectivity index is 2.45. The summed E-state index contributed by atoms with van der Waals surface area (Å²) in [5.41, 5.74) is 0.965. The number of nitrogens with one attached hydrogen (secondary N) is 2. The first-order valence-electron chi connectivity index (χ1n) is 5.55. The molecule has 0 amide bonds. The molecule has 2 rings (SSSR count). The number of hydrogen-bond acceptors (Lipinski definition) is 4. The Kier molecular flexibility index (Phi) is 4.56. The second-order valence-corrected chi connectivity index (χ2v) is 5.08. The molecule has 1 aromatic heterocycles. The van der Waals surface area contributed by atoms with Crippen LogP contribution < -0.4 is 10.6 Å². The van der Waals surface area contributed by atoms with E-state index in [1.54, 1.807) is 31.3 Å². The minimum Gasteiger partial charge on any atom is -0.372 e. The van der Waals surface area contributed by atoms with Gasteiger partial charge in [-0.2, -0.15) is 5.26 Å². The van der Waals surface area contributed by atoms with E-state index in [2.05, 4.69) is 21.7 Å². The molecule has 0 fully saturated rings. The van der Waals surface area contributed by atoms with E-state index in [1.807, 2.05) is 0 Å². The van der Waals surface area contributed by atoms with Gasteiger partial charge in [0.15, 0.2) is 5.82 Å². The van der Waals surface area contributed by atoms with Crippen LogP contribution in [0.15, 0.2) is 24.3 Å². The molecule has 4 nitrogen and oxygen atoms in total. The second-order valence-electron chi connectivity index (χ2n) is 3.83. The highest BCUT2D eigenvalue weighted by Gasteiger charge is 2.11. The number of nitrogens with zero attached hydrogens (tertiary/aromatic N) is 2. The lowest BCUT2D eigenvalue weighted by Gasteiger charge is -2.12. The van der Waals surface area contributed by atoms with E-state index in [-0.39, 0.29) is 0 Å². The zero-order chi connectivity index (χ0) is 14.7. The third-order valence-corrected chi connectivity index (χ3v) is 3.33. The largest absolute Gasteiger partial charge is 0.372 e. The Hall–Kier alpha value is -1.67. The van der Waals surface area contributed by atoms with Crippen molar-refractivity contribution in [3.63, 3.8) is 0 Å². The molecular weight excluding hydrogens is 319 g/mol. The summed E-state index contributed by atoms with van der Waals surface area (Å²) in [7, 11) is 1.70. The Morgan fingerprint density at radius 2 is 1.80 bits per heavy atom. The Morgan fingerprint density at radius 1 is 1.10 bits per heavy atom. The number of rotatable bonds is 3. The van der Waals surface area contributed by atoms with Crippen LogP contribution >= 0.6 is 34.8 Å². The Labute approximate surface area is 131 Å². The highest BCUT2D eigenvalue weighted by atomic mass is 35.5. The molecule has 0 saturated carbocycles. The zero-order valence-corrected chi connectivity index (χ0v) is 12.6. The van der Waals surface area contributed by atoms with Gasteiger partial charge in [-0.3, -0.25) is 0 Å². The molecule has 0 aliphatic heterocycles. The van der Waals surface area contributed by atoms with Crippen molar-refractivity contribution in [2.24, 2.45) is 0 Å². The maximum Gasteiger partial charge on any atom is 0.151 e. The molecule has 0 radical (unpaired) electrons. The molecule has 0 unspecified atom stereocenters. The summed E-state index contributed by atoms with van der Waals surface area (Å²) < 4.78 is 0. The summed E-state index contributed by atoms with van der Waals surface area (Å²) in [5.74, 6) is 0.873. The van der Waals surface area contributed by atoms with Crippen LogP contribution in [0.2, 0.25) is 15.1 Å². The summed E-state index contributed by atoms with van der Waals surface area (Å²) in [6.07, 6.45) is 0. The van der Waals surface area contributed by atoms with Gasteiger partial charge in [0.05, 0.1) is 21.3 Å². The van der Waals surface area contributed by atoms with Crippen LogP contribution in [0.1, 0.15) is 5.56 Å². The lowest BCUT2D eigenvalue weighted by molar-refractivity contribution is 1.27. The number of halogens is 3. The smallest absolute Gasteiger partial charge is 0.151 e. The lowest BCUT2D eigenvalue weighted by atomic mass is 10.2. The summed E-state index contributed by atoms with van der Waals surface area (Å²) in [6.45, 7) is 0. The molecule has 1 heterocycles. The molecule has 102 valence electrons. The molecule has 0 saturated heterocycles. The number of hydrogen-bond donors (Lipinski definition) is 2. The normalized spacial score (nSPS) is 9.95. The third kappa shape index (κ3) is 3.07. The van der Waals surface area contributed by atoms with Gasteiger partial charge in [0.2, 0.25) is 0 Å². The Morgan fingerprint density at radius 3 is 2.45 bits per heavy atom. The fraction of sp³-hybridized carbons (Fsp3) is 0.0769. The molecule has 1 aromatic carbocycles. The summed E-state index contributed by atoms with van der Waals surface area (Å²) in [5, 5.41) is 16.2. The number of anilines is 3. The maximum atomic E-state index is 9.08. The average Bonchev–Trinajstić information content (AvgIpc) is 2.42. The molecule has 0 bridgehead atoms. The maximum absolute atomic E-state index is 9.08. The van der Waals surface area contributed by atoms with Crippen LogP contribution in [0.5, 0.6) is 0 Å².